The average Bonchev–Trinajstić information content (AvgIpc) is 2.64. The van der Waals surface area contributed by atoms with Crippen molar-refractivity contribution in [3.05, 3.63) is 5.01 Å². The summed E-state index contributed by atoms with van der Waals surface area (Å²) < 4.78 is 0. The van der Waals surface area contributed by atoms with Gasteiger partial charge in [-0.3, -0.25) is 15.4 Å². The highest BCUT2D eigenvalue weighted by Crippen LogP contribution is 2.17. The van der Waals surface area contributed by atoms with E-state index < -0.39 is 11.9 Å². The van der Waals surface area contributed by atoms with Gasteiger partial charge in [-0.15, -0.1) is 21.8 Å². The summed E-state index contributed by atoms with van der Waals surface area (Å²) >= 11 is 6.68. The van der Waals surface area contributed by atoms with Crippen LogP contribution in [0.4, 0.5) is 9.93 Å². The van der Waals surface area contributed by atoms with Gasteiger partial charge in [-0.25, -0.2) is 4.79 Å². The molecule has 100 valence electrons. The molecular weight excluding hydrogens is 276 g/mol. The molecule has 0 saturated heterocycles. The molecule has 0 spiro atoms. The number of rotatable bonds is 5. The first-order valence-electron chi connectivity index (χ1n) is 5.50. The number of imide groups is 1. The van der Waals surface area contributed by atoms with Crippen molar-refractivity contribution in [2.45, 2.75) is 26.7 Å². The van der Waals surface area contributed by atoms with Gasteiger partial charge in [0.2, 0.25) is 11.0 Å². The van der Waals surface area contributed by atoms with Gasteiger partial charge >= 0.3 is 6.03 Å². The summed E-state index contributed by atoms with van der Waals surface area (Å²) in [6.45, 7) is 4.15. The standard InChI is InChI=1S/C10H15ClN4O2S/c1-6(2)5-8-14-15-10(18-8)13-9(17)12-7(16)3-4-11/h6H,3-5H2,1-2H3,(H2,12,13,15,16,17). The molecule has 0 fully saturated rings. The summed E-state index contributed by atoms with van der Waals surface area (Å²) in [7, 11) is 0. The number of amides is 3. The smallest absolute Gasteiger partial charge is 0.282 e. The van der Waals surface area contributed by atoms with Crippen LogP contribution in [0.5, 0.6) is 0 Å². The molecule has 0 aliphatic carbocycles. The Kier molecular flexibility index (Phi) is 6.00. The molecule has 1 heterocycles. The third kappa shape index (κ3) is 5.42. The van der Waals surface area contributed by atoms with Gasteiger partial charge in [0.15, 0.2) is 0 Å². The second kappa shape index (κ2) is 7.27. The molecule has 0 atom stereocenters. The molecule has 0 aliphatic rings. The molecule has 0 aliphatic heterocycles. The van der Waals surface area contributed by atoms with Crippen LogP contribution in [-0.4, -0.2) is 28.0 Å². The van der Waals surface area contributed by atoms with Crippen LogP contribution < -0.4 is 10.6 Å². The number of hydrogen-bond acceptors (Lipinski definition) is 5. The minimum atomic E-state index is -0.614. The lowest BCUT2D eigenvalue weighted by molar-refractivity contribution is -0.119. The van der Waals surface area contributed by atoms with Crippen molar-refractivity contribution in [1.82, 2.24) is 15.5 Å². The topological polar surface area (TPSA) is 84.0 Å². The molecule has 6 nitrogen and oxygen atoms in total. The molecule has 0 unspecified atom stereocenters. The lowest BCUT2D eigenvalue weighted by Gasteiger charge is -2.02. The number of nitrogens with one attached hydrogen (secondary N) is 2. The molecule has 0 bridgehead atoms. The maximum absolute atomic E-state index is 11.4. The molecule has 1 aromatic rings. The van der Waals surface area contributed by atoms with Gasteiger partial charge in [0.25, 0.3) is 0 Å². The Morgan fingerprint density at radius 1 is 1.39 bits per heavy atom. The van der Waals surface area contributed by atoms with Gasteiger partial charge < -0.3 is 0 Å². The van der Waals surface area contributed by atoms with Gasteiger partial charge in [-0.2, -0.15) is 0 Å². The first-order valence-corrected chi connectivity index (χ1v) is 6.85. The Morgan fingerprint density at radius 3 is 2.72 bits per heavy atom. The number of nitrogens with zero attached hydrogens (tertiary/aromatic N) is 2. The van der Waals surface area contributed by atoms with Gasteiger partial charge in [-0.1, -0.05) is 25.2 Å². The molecule has 18 heavy (non-hydrogen) atoms. The quantitative estimate of drug-likeness (QED) is 0.813. The molecular formula is C10H15ClN4O2S. The van der Waals surface area contributed by atoms with Crippen LogP contribution >= 0.6 is 22.9 Å². The van der Waals surface area contributed by atoms with Crippen molar-refractivity contribution < 1.29 is 9.59 Å². The normalized spacial score (nSPS) is 10.4. The number of anilines is 1. The monoisotopic (exact) mass is 290 g/mol. The summed E-state index contributed by atoms with van der Waals surface area (Å²) in [5.74, 6) is 0.232. The zero-order valence-electron chi connectivity index (χ0n) is 10.2. The fourth-order valence-electron chi connectivity index (χ4n) is 1.14. The maximum atomic E-state index is 11.4. The molecule has 3 amide bonds. The van der Waals surface area contributed by atoms with Gasteiger partial charge in [0, 0.05) is 18.7 Å². The third-order valence-electron chi connectivity index (χ3n) is 1.84. The van der Waals surface area contributed by atoms with Crippen molar-refractivity contribution in [2.24, 2.45) is 5.92 Å². The summed E-state index contributed by atoms with van der Waals surface area (Å²) in [5.41, 5.74) is 0. The second-order valence-electron chi connectivity index (χ2n) is 4.04. The van der Waals surface area contributed by atoms with E-state index >= 15 is 0 Å². The lowest BCUT2D eigenvalue weighted by atomic mass is 10.1. The SMILES string of the molecule is CC(C)Cc1nnc(NC(=O)NC(=O)CCCl)s1. The largest absolute Gasteiger partial charge is 0.327 e. The van der Waals surface area contributed by atoms with Crippen molar-refractivity contribution in [1.29, 1.82) is 0 Å². The highest BCUT2D eigenvalue weighted by atomic mass is 35.5. The van der Waals surface area contributed by atoms with E-state index in [9.17, 15) is 9.59 Å². The van der Waals surface area contributed by atoms with Gasteiger partial charge in [0.1, 0.15) is 5.01 Å². The number of urea groups is 1. The third-order valence-corrected chi connectivity index (χ3v) is 2.89. The Hall–Kier alpha value is -1.21. The zero-order valence-corrected chi connectivity index (χ0v) is 11.8. The van der Waals surface area contributed by atoms with E-state index in [4.69, 9.17) is 11.6 Å². The van der Waals surface area contributed by atoms with E-state index in [2.05, 4.69) is 34.7 Å². The highest BCUT2D eigenvalue weighted by molar-refractivity contribution is 7.15. The van der Waals surface area contributed by atoms with E-state index in [-0.39, 0.29) is 12.3 Å². The zero-order chi connectivity index (χ0) is 13.5. The van der Waals surface area contributed by atoms with E-state index in [0.717, 1.165) is 11.4 Å². The Morgan fingerprint density at radius 2 is 2.11 bits per heavy atom. The van der Waals surface area contributed by atoms with Crippen molar-refractivity contribution in [2.75, 3.05) is 11.2 Å². The summed E-state index contributed by atoms with van der Waals surface area (Å²) in [5, 5.41) is 13.6. The summed E-state index contributed by atoms with van der Waals surface area (Å²) in [6, 6.07) is -0.614. The second-order valence-corrected chi connectivity index (χ2v) is 5.48. The molecule has 1 aromatic heterocycles. The highest BCUT2D eigenvalue weighted by Gasteiger charge is 2.11. The van der Waals surface area contributed by atoms with Crippen molar-refractivity contribution >= 4 is 40.0 Å². The van der Waals surface area contributed by atoms with E-state index in [1.54, 1.807) is 0 Å². The van der Waals surface area contributed by atoms with Gasteiger partial charge in [-0.05, 0) is 5.92 Å². The minimum Gasteiger partial charge on any atom is -0.282 e. The maximum Gasteiger partial charge on any atom is 0.327 e. The molecule has 2 N–H and O–H groups in total. The Labute approximate surface area is 114 Å². The average molecular weight is 291 g/mol. The van der Waals surface area contributed by atoms with E-state index in [1.807, 2.05) is 0 Å². The van der Waals surface area contributed by atoms with E-state index in [1.165, 1.54) is 11.3 Å². The summed E-state index contributed by atoms with van der Waals surface area (Å²) in [6.07, 6.45) is 0.913. The number of alkyl halides is 1. The lowest BCUT2D eigenvalue weighted by Crippen LogP contribution is -2.34. The fraction of sp³-hybridized carbons (Fsp3) is 0.600. The molecule has 0 radical (unpaired) electrons. The van der Waals surface area contributed by atoms with Crippen LogP contribution in [0.15, 0.2) is 0 Å². The van der Waals surface area contributed by atoms with Gasteiger partial charge in [0.05, 0.1) is 0 Å². The van der Waals surface area contributed by atoms with Crippen LogP contribution in [0.2, 0.25) is 0 Å². The number of carbonyl (C=O) groups excluding carboxylic acids is 2. The van der Waals surface area contributed by atoms with Crippen LogP contribution in [-0.2, 0) is 11.2 Å². The fourth-order valence-corrected chi connectivity index (χ4v) is 2.26. The number of carbonyl (C=O) groups is 2. The van der Waals surface area contributed by atoms with Crippen molar-refractivity contribution in [3.8, 4) is 0 Å². The number of halogens is 1. The molecule has 8 heteroatoms. The summed E-state index contributed by atoms with van der Waals surface area (Å²) in [4.78, 5) is 22.5. The van der Waals surface area contributed by atoms with Crippen molar-refractivity contribution in [3.63, 3.8) is 0 Å². The van der Waals surface area contributed by atoms with Crippen LogP contribution in [0.1, 0.15) is 25.3 Å². The predicted octanol–water partition coefficient (Wildman–Crippen LogP) is 2.01. The predicted molar refractivity (Wildman–Crippen MR) is 70.9 cm³/mol. The van der Waals surface area contributed by atoms with Crippen LogP contribution in [0, 0.1) is 5.92 Å². The first-order chi connectivity index (χ1) is 8.51. The molecule has 0 aromatic carbocycles. The Bertz CT molecular complexity index is 422. The first kappa shape index (κ1) is 14.8. The number of aromatic nitrogens is 2. The Balaban J connectivity index is 2.44. The van der Waals surface area contributed by atoms with Crippen LogP contribution in [0.3, 0.4) is 0 Å². The van der Waals surface area contributed by atoms with Crippen LogP contribution in [0.25, 0.3) is 0 Å². The molecule has 0 saturated carbocycles. The molecule has 1 rings (SSSR count). The minimum absolute atomic E-state index is 0.101. The van der Waals surface area contributed by atoms with E-state index in [0.29, 0.717) is 11.0 Å². The number of hydrogen-bond donors (Lipinski definition) is 2.